The Morgan fingerprint density at radius 2 is 2.06 bits per heavy atom. The van der Waals surface area contributed by atoms with E-state index in [2.05, 4.69) is 10.3 Å². The number of pyridine rings is 1. The molecule has 1 aliphatic carbocycles. The van der Waals surface area contributed by atoms with Crippen LogP contribution in [0.4, 0.5) is 17.6 Å². The summed E-state index contributed by atoms with van der Waals surface area (Å²) in [7, 11) is 3.87. The third kappa shape index (κ3) is 5.29. The van der Waals surface area contributed by atoms with Crippen LogP contribution in [0.5, 0.6) is 0 Å². The molecule has 3 heterocycles. The van der Waals surface area contributed by atoms with Gasteiger partial charge in [0.2, 0.25) is 5.95 Å². The van der Waals surface area contributed by atoms with Crippen LogP contribution in [-0.2, 0) is 22.4 Å². The maximum Gasteiger partial charge on any atom is 0.227 e. The molecule has 0 spiro atoms. The average molecular weight is 426 g/mol. The number of hydrogen-bond acceptors (Lipinski definition) is 8. The van der Waals surface area contributed by atoms with Crippen LogP contribution >= 0.6 is 0 Å². The van der Waals surface area contributed by atoms with Gasteiger partial charge in [-0.15, -0.1) is 0 Å². The molecule has 3 aromatic rings. The van der Waals surface area contributed by atoms with E-state index in [9.17, 15) is 0 Å². The number of ether oxygens (including phenoxy) is 2. The number of anilines is 3. The van der Waals surface area contributed by atoms with Crippen LogP contribution in [0.15, 0.2) is 18.3 Å². The van der Waals surface area contributed by atoms with Gasteiger partial charge in [0.15, 0.2) is 5.82 Å². The first kappa shape index (κ1) is 21.5. The van der Waals surface area contributed by atoms with Gasteiger partial charge in [0.1, 0.15) is 16.9 Å². The van der Waals surface area contributed by atoms with Gasteiger partial charge in [0.05, 0.1) is 31.6 Å². The minimum Gasteiger partial charge on any atom is -0.380 e. The third-order valence-electron chi connectivity index (χ3n) is 5.08. The topological polar surface area (TPSA) is 90.2 Å². The van der Waals surface area contributed by atoms with Crippen molar-refractivity contribution in [3.05, 3.63) is 29.6 Å². The fourth-order valence-corrected chi connectivity index (χ4v) is 3.33. The lowest BCUT2D eigenvalue weighted by Crippen LogP contribution is -2.15. The van der Waals surface area contributed by atoms with Gasteiger partial charge >= 0.3 is 0 Å². The highest BCUT2D eigenvalue weighted by molar-refractivity contribution is 5.90. The predicted molar refractivity (Wildman–Crippen MR) is 121 cm³/mol. The molecule has 0 saturated heterocycles. The van der Waals surface area contributed by atoms with Gasteiger partial charge in [-0.2, -0.15) is 10.1 Å². The largest absolute Gasteiger partial charge is 0.380 e. The van der Waals surface area contributed by atoms with Crippen molar-refractivity contribution in [2.75, 3.05) is 44.1 Å². The Kier molecular flexibility index (Phi) is 6.62. The SMILES string of the molecule is CCOCCn1nc(CCOC2CC2)c2nc(N(C)C)nc(Nc3cc(C)ccn3)c21. The van der Waals surface area contributed by atoms with Crippen molar-refractivity contribution >= 4 is 28.6 Å². The van der Waals surface area contributed by atoms with Crippen molar-refractivity contribution in [1.29, 1.82) is 0 Å². The van der Waals surface area contributed by atoms with E-state index in [1.165, 1.54) is 0 Å². The number of aryl methyl sites for hydroxylation is 1. The highest BCUT2D eigenvalue weighted by atomic mass is 16.5. The van der Waals surface area contributed by atoms with Gasteiger partial charge in [0, 0.05) is 33.3 Å². The molecule has 9 nitrogen and oxygen atoms in total. The molecule has 0 radical (unpaired) electrons. The Balaban J connectivity index is 1.75. The van der Waals surface area contributed by atoms with Gasteiger partial charge in [-0.1, -0.05) is 0 Å². The number of nitrogens with one attached hydrogen (secondary N) is 1. The maximum atomic E-state index is 5.88. The lowest BCUT2D eigenvalue weighted by molar-refractivity contribution is 0.121. The number of aromatic nitrogens is 5. The smallest absolute Gasteiger partial charge is 0.227 e. The van der Waals surface area contributed by atoms with E-state index in [-0.39, 0.29) is 0 Å². The van der Waals surface area contributed by atoms with Crippen LogP contribution in [0.2, 0.25) is 0 Å². The average Bonchev–Trinajstić information content (AvgIpc) is 3.49. The number of hydrogen-bond donors (Lipinski definition) is 1. The first-order chi connectivity index (χ1) is 15.0. The summed E-state index contributed by atoms with van der Waals surface area (Å²) in [4.78, 5) is 16.0. The van der Waals surface area contributed by atoms with Gasteiger partial charge in [-0.25, -0.2) is 9.97 Å². The second kappa shape index (κ2) is 9.57. The van der Waals surface area contributed by atoms with Crippen molar-refractivity contribution in [2.24, 2.45) is 0 Å². The highest BCUT2D eigenvalue weighted by Gasteiger charge is 2.23. The summed E-state index contributed by atoms with van der Waals surface area (Å²) < 4.78 is 13.4. The van der Waals surface area contributed by atoms with Crippen LogP contribution < -0.4 is 10.2 Å². The minimum absolute atomic E-state index is 0.419. The molecule has 0 bridgehead atoms. The zero-order valence-electron chi connectivity index (χ0n) is 18.8. The Morgan fingerprint density at radius 1 is 1.23 bits per heavy atom. The molecule has 1 fully saturated rings. The number of rotatable bonds is 11. The Bertz CT molecular complexity index is 1030. The molecule has 0 atom stereocenters. The molecule has 1 aliphatic rings. The van der Waals surface area contributed by atoms with Crippen LogP contribution in [0.3, 0.4) is 0 Å². The van der Waals surface area contributed by atoms with Gasteiger partial charge in [0.25, 0.3) is 0 Å². The predicted octanol–water partition coefficient (Wildman–Crippen LogP) is 3.10. The van der Waals surface area contributed by atoms with Gasteiger partial charge in [-0.3, -0.25) is 4.68 Å². The standard InChI is InChI=1S/C22H31N7O2/c1-5-30-13-11-29-20-19(17(27-29)9-12-31-16-6-7-16)25-22(28(3)4)26-21(20)24-18-14-15(2)8-10-23-18/h8,10,14,16H,5-7,9,11-13H2,1-4H3,(H,23,24,25,26). The Morgan fingerprint density at radius 3 is 2.77 bits per heavy atom. The van der Waals surface area contributed by atoms with E-state index >= 15 is 0 Å². The maximum absolute atomic E-state index is 5.88. The molecule has 9 heteroatoms. The third-order valence-corrected chi connectivity index (χ3v) is 5.08. The van der Waals surface area contributed by atoms with Gasteiger partial charge < -0.3 is 19.7 Å². The quantitative estimate of drug-likeness (QED) is 0.469. The summed E-state index contributed by atoms with van der Waals surface area (Å²) in [6.07, 6.45) is 5.24. The molecule has 31 heavy (non-hydrogen) atoms. The molecule has 1 N–H and O–H groups in total. The molecule has 0 unspecified atom stereocenters. The van der Waals surface area contributed by atoms with Crippen molar-refractivity contribution in [2.45, 2.75) is 45.8 Å². The molecule has 4 rings (SSSR count). The molecule has 0 amide bonds. The monoisotopic (exact) mass is 425 g/mol. The van der Waals surface area contributed by atoms with Gasteiger partial charge in [-0.05, 0) is 44.4 Å². The van der Waals surface area contributed by atoms with Crippen molar-refractivity contribution in [3.63, 3.8) is 0 Å². The first-order valence-electron chi connectivity index (χ1n) is 10.9. The lowest BCUT2D eigenvalue weighted by Gasteiger charge is -2.14. The first-order valence-corrected chi connectivity index (χ1v) is 10.9. The summed E-state index contributed by atoms with van der Waals surface area (Å²) in [5.41, 5.74) is 3.73. The summed E-state index contributed by atoms with van der Waals surface area (Å²) in [6, 6.07) is 3.96. The summed E-state index contributed by atoms with van der Waals surface area (Å²) >= 11 is 0. The van der Waals surface area contributed by atoms with Crippen LogP contribution in [0.25, 0.3) is 11.0 Å². The number of nitrogens with zero attached hydrogens (tertiary/aromatic N) is 6. The second-order valence-electron chi connectivity index (χ2n) is 7.99. The molecule has 0 aromatic carbocycles. The molecule has 1 saturated carbocycles. The molecule has 166 valence electrons. The summed E-state index contributed by atoms with van der Waals surface area (Å²) in [5.74, 6) is 2.04. The fraction of sp³-hybridized carbons (Fsp3) is 0.545. The van der Waals surface area contributed by atoms with E-state index in [0.29, 0.717) is 50.7 Å². The summed E-state index contributed by atoms with van der Waals surface area (Å²) in [6.45, 7) is 6.53. The Hall–Kier alpha value is -2.78. The second-order valence-corrected chi connectivity index (χ2v) is 7.99. The molecular formula is C22H31N7O2. The fourth-order valence-electron chi connectivity index (χ4n) is 3.33. The lowest BCUT2D eigenvalue weighted by atomic mass is 10.2. The van der Waals surface area contributed by atoms with Crippen LogP contribution in [0, 0.1) is 6.92 Å². The van der Waals surface area contributed by atoms with E-state index in [0.717, 1.165) is 41.0 Å². The van der Waals surface area contributed by atoms with Crippen molar-refractivity contribution in [1.82, 2.24) is 24.7 Å². The normalized spacial score (nSPS) is 13.7. The van der Waals surface area contributed by atoms with Crippen LogP contribution in [0.1, 0.15) is 31.0 Å². The molecular weight excluding hydrogens is 394 g/mol. The molecule has 3 aromatic heterocycles. The summed E-state index contributed by atoms with van der Waals surface area (Å²) in [5, 5.41) is 8.26. The Labute approximate surface area is 182 Å². The van der Waals surface area contributed by atoms with E-state index in [4.69, 9.17) is 24.5 Å². The van der Waals surface area contributed by atoms with Crippen molar-refractivity contribution < 1.29 is 9.47 Å². The van der Waals surface area contributed by atoms with Crippen LogP contribution in [-0.4, -0.2) is 64.8 Å². The van der Waals surface area contributed by atoms with Crippen molar-refractivity contribution in [3.8, 4) is 0 Å². The van der Waals surface area contributed by atoms with E-state index in [1.807, 2.05) is 49.7 Å². The molecule has 0 aliphatic heterocycles. The zero-order chi connectivity index (χ0) is 21.8. The minimum atomic E-state index is 0.419. The zero-order valence-corrected chi connectivity index (χ0v) is 18.8. The van der Waals surface area contributed by atoms with E-state index < -0.39 is 0 Å². The van der Waals surface area contributed by atoms with E-state index in [1.54, 1.807) is 6.20 Å². The number of fused-ring (bicyclic) bond motifs is 1. The highest BCUT2D eigenvalue weighted by Crippen LogP contribution is 2.29.